The number of hydrogen-bond donors (Lipinski definition) is 1. The molecule has 0 saturated carbocycles. The number of nitrogens with zero attached hydrogens (tertiary/aromatic N) is 2. The molecule has 2 aromatic rings. The lowest BCUT2D eigenvalue weighted by Gasteiger charge is -2.35. The molecular weight excluding hydrogens is 382 g/mol. The molecule has 2 aromatic carbocycles. The first kappa shape index (κ1) is 20.0. The summed E-state index contributed by atoms with van der Waals surface area (Å²) in [6.45, 7) is 8.52. The summed E-state index contributed by atoms with van der Waals surface area (Å²) >= 11 is 1.51. The van der Waals surface area contributed by atoms with Crippen LogP contribution in [0.15, 0.2) is 47.4 Å². The molecule has 2 aliphatic heterocycles. The summed E-state index contributed by atoms with van der Waals surface area (Å²) in [4.78, 5) is 29.9. The van der Waals surface area contributed by atoms with E-state index in [0.29, 0.717) is 17.2 Å². The van der Waals surface area contributed by atoms with Crippen LogP contribution in [-0.4, -0.2) is 53.5 Å². The first-order valence-corrected chi connectivity index (χ1v) is 11.2. The molecule has 1 N–H and O–H groups in total. The second-order valence-corrected chi connectivity index (χ2v) is 9.03. The Morgan fingerprint density at radius 2 is 1.79 bits per heavy atom. The van der Waals surface area contributed by atoms with E-state index in [1.54, 1.807) is 0 Å². The summed E-state index contributed by atoms with van der Waals surface area (Å²) in [5, 5.41) is 2.86. The third-order valence-electron chi connectivity index (χ3n) is 5.57. The van der Waals surface area contributed by atoms with Gasteiger partial charge in [0.1, 0.15) is 0 Å². The van der Waals surface area contributed by atoms with Crippen LogP contribution in [0.1, 0.15) is 41.3 Å². The second-order valence-electron chi connectivity index (χ2n) is 8.01. The summed E-state index contributed by atoms with van der Waals surface area (Å²) in [6.07, 6.45) is 0. The summed E-state index contributed by atoms with van der Waals surface area (Å²) in [6, 6.07) is 14.5. The van der Waals surface area contributed by atoms with Crippen LogP contribution in [0.5, 0.6) is 0 Å². The zero-order valence-electron chi connectivity index (χ0n) is 17.0. The van der Waals surface area contributed by atoms with Crippen molar-refractivity contribution in [3.8, 4) is 0 Å². The fourth-order valence-corrected chi connectivity index (χ4v) is 4.56. The molecule has 152 valence electrons. The molecule has 2 heterocycles. The van der Waals surface area contributed by atoms with Crippen LogP contribution < -0.4 is 5.32 Å². The average molecular weight is 410 g/mol. The van der Waals surface area contributed by atoms with Gasteiger partial charge < -0.3 is 10.2 Å². The van der Waals surface area contributed by atoms with Gasteiger partial charge in [0.2, 0.25) is 5.91 Å². The first-order valence-electron chi connectivity index (χ1n) is 10.2. The van der Waals surface area contributed by atoms with Crippen molar-refractivity contribution in [2.75, 3.05) is 37.2 Å². The SMILES string of the molecule is CC(C)c1ccc(CN2CCN(C(=O)c3ccc4c(c3)NC(=O)CS4)CC2)cc1. The quantitative estimate of drug-likeness (QED) is 0.834. The van der Waals surface area contributed by atoms with E-state index >= 15 is 0 Å². The van der Waals surface area contributed by atoms with Gasteiger partial charge in [-0.2, -0.15) is 0 Å². The van der Waals surface area contributed by atoms with Crippen LogP contribution in [0.3, 0.4) is 0 Å². The molecule has 0 atom stereocenters. The van der Waals surface area contributed by atoms with E-state index in [1.165, 1.54) is 22.9 Å². The molecule has 6 heteroatoms. The van der Waals surface area contributed by atoms with Gasteiger partial charge in [-0.05, 0) is 35.2 Å². The van der Waals surface area contributed by atoms with Crippen molar-refractivity contribution >= 4 is 29.3 Å². The summed E-state index contributed by atoms with van der Waals surface area (Å²) in [7, 11) is 0. The van der Waals surface area contributed by atoms with Crippen LogP contribution >= 0.6 is 11.8 Å². The minimum absolute atomic E-state index is 0.0119. The predicted octanol–water partition coefficient (Wildman–Crippen LogP) is 3.81. The Kier molecular flexibility index (Phi) is 5.92. The second kappa shape index (κ2) is 8.59. The Bertz CT molecular complexity index is 903. The number of fused-ring (bicyclic) bond motifs is 1. The van der Waals surface area contributed by atoms with Gasteiger partial charge in [0.15, 0.2) is 0 Å². The van der Waals surface area contributed by atoms with E-state index in [0.717, 1.165) is 43.3 Å². The van der Waals surface area contributed by atoms with E-state index in [2.05, 4.69) is 48.3 Å². The largest absolute Gasteiger partial charge is 0.336 e. The van der Waals surface area contributed by atoms with Gasteiger partial charge in [-0.25, -0.2) is 0 Å². The molecule has 0 radical (unpaired) electrons. The van der Waals surface area contributed by atoms with Crippen molar-refractivity contribution in [1.82, 2.24) is 9.80 Å². The molecule has 2 amide bonds. The molecule has 0 bridgehead atoms. The monoisotopic (exact) mass is 409 g/mol. The zero-order chi connectivity index (χ0) is 20.4. The highest BCUT2D eigenvalue weighted by Gasteiger charge is 2.24. The van der Waals surface area contributed by atoms with E-state index < -0.39 is 0 Å². The molecule has 4 rings (SSSR count). The smallest absolute Gasteiger partial charge is 0.254 e. The number of carbonyl (C=O) groups is 2. The molecule has 0 aliphatic carbocycles. The Balaban J connectivity index is 1.34. The van der Waals surface area contributed by atoms with Crippen molar-refractivity contribution in [3.05, 3.63) is 59.2 Å². The molecule has 1 saturated heterocycles. The van der Waals surface area contributed by atoms with Crippen molar-refractivity contribution < 1.29 is 9.59 Å². The lowest BCUT2D eigenvalue weighted by Crippen LogP contribution is -2.48. The third kappa shape index (κ3) is 4.65. The van der Waals surface area contributed by atoms with Gasteiger partial charge in [0, 0.05) is 43.2 Å². The molecule has 5 nitrogen and oxygen atoms in total. The highest BCUT2D eigenvalue weighted by atomic mass is 32.2. The molecule has 29 heavy (non-hydrogen) atoms. The first-order chi connectivity index (χ1) is 14.0. The number of nitrogens with one attached hydrogen (secondary N) is 1. The van der Waals surface area contributed by atoms with Crippen LogP contribution in [0.2, 0.25) is 0 Å². The van der Waals surface area contributed by atoms with Gasteiger partial charge in [0.05, 0.1) is 11.4 Å². The zero-order valence-corrected chi connectivity index (χ0v) is 17.8. The number of rotatable bonds is 4. The van der Waals surface area contributed by atoms with Crippen molar-refractivity contribution in [2.24, 2.45) is 0 Å². The van der Waals surface area contributed by atoms with Crippen molar-refractivity contribution in [1.29, 1.82) is 0 Å². The minimum Gasteiger partial charge on any atom is -0.336 e. The lowest BCUT2D eigenvalue weighted by atomic mass is 10.0. The average Bonchev–Trinajstić information content (AvgIpc) is 2.73. The standard InChI is InChI=1S/C23H27N3O2S/c1-16(2)18-5-3-17(4-6-18)14-25-9-11-26(12-10-25)23(28)19-7-8-21-20(13-19)24-22(27)15-29-21/h3-8,13,16H,9-12,14-15H2,1-2H3,(H,24,27). The summed E-state index contributed by atoms with van der Waals surface area (Å²) in [5.41, 5.74) is 4.07. The van der Waals surface area contributed by atoms with Crippen molar-refractivity contribution in [3.63, 3.8) is 0 Å². The third-order valence-corrected chi connectivity index (χ3v) is 6.64. The van der Waals surface area contributed by atoms with E-state index in [9.17, 15) is 9.59 Å². The lowest BCUT2D eigenvalue weighted by molar-refractivity contribution is -0.113. The van der Waals surface area contributed by atoms with Gasteiger partial charge >= 0.3 is 0 Å². The van der Waals surface area contributed by atoms with E-state index in [4.69, 9.17) is 0 Å². The molecular formula is C23H27N3O2S. The van der Waals surface area contributed by atoms with Crippen LogP contribution in [0.4, 0.5) is 5.69 Å². The number of benzene rings is 2. The fraction of sp³-hybridized carbons (Fsp3) is 0.391. The van der Waals surface area contributed by atoms with Crippen LogP contribution in [-0.2, 0) is 11.3 Å². The van der Waals surface area contributed by atoms with E-state index in [-0.39, 0.29) is 11.8 Å². The number of anilines is 1. The van der Waals surface area contributed by atoms with Crippen molar-refractivity contribution in [2.45, 2.75) is 31.2 Å². The molecule has 0 aromatic heterocycles. The summed E-state index contributed by atoms with van der Waals surface area (Å²) in [5.74, 6) is 1.01. The van der Waals surface area contributed by atoms with Crippen LogP contribution in [0.25, 0.3) is 0 Å². The number of carbonyl (C=O) groups excluding carboxylic acids is 2. The highest BCUT2D eigenvalue weighted by molar-refractivity contribution is 8.00. The summed E-state index contributed by atoms with van der Waals surface area (Å²) < 4.78 is 0. The van der Waals surface area contributed by atoms with Gasteiger partial charge in [-0.3, -0.25) is 14.5 Å². The fourth-order valence-electron chi connectivity index (χ4n) is 3.77. The van der Waals surface area contributed by atoms with Gasteiger partial charge in [0.25, 0.3) is 5.91 Å². The van der Waals surface area contributed by atoms with Gasteiger partial charge in [-0.1, -0.05) is 38.1 Å². The molecule has 0 spiro atoms. The van der Waals surface area contributed by atoms with Crippen LogP contribution in [0, 0.1) is 0 Å². The minimum atomic E-state index is -0.0119. The molecule has 0 unspecified atom stereocenters. The number of amides is 2. The number of hydrogen-bond acceptors (Lipinski definition) is 4. The predicted molar refractivity (Wildman–Crippen MR) is 118 cm³/mol. The Labute approximate surface area is 176 Å². The maximum atomic E-state index is 12.9. The molecule has 2 aliphatic rings. The Morgan fingerprint density at radius 3 is 2.48 bits per heavy atom. The Hall–Kier alpha value is -2.31. The Morgan fingerprint density at radius 1 is 1.07 bits per heavy atom. The highest BCUT2D eigenvalue weighted by Crippen LogP contribution is 2.32. The topological polar surface area (TPSA) is 52.6 Å². The number of piperazine rings is 1. The maximum absolute atomic E-state index is 12.9. The molecule has 1 fully saturated rings. The normalized spacial score (nSPS) is 17.2. The maximum Gasteiger partial charge on any atom is 0.254 e. The van der Waals surface area contributed by atoms with Gasteiger partial charge in [-0.15, -0.1) is 11.8 Å². The van der Waals surface area contributed by atoms with E-state index in [1.807, 2.05) is 23.1 Å². The number of thioether (sulfide) groups is 1.